The minimum Gasteiger partial charge on any atom is -0.490 e. The van der Waals surface area contributed by atoms with Crippen molar-refractivity contribution in [3.63, 3.8) is 0 Å². The number of hydrogen-bond donors (Lipinski definition) is 0. The summed E-state index contributed by atoms with van der Waals surface area (Å²) in [6, 6.07) is 8.89. The van der Waals surface area contributed by atoms with Crippen LogP contribution in [-0.2, 0) is 19.9 Å². The van der Waals surface area contributed by atoms with E-state index >= 15 is 0 Å². The number of unbranched alkanes of at least 4 members (excludes halogenated alkanes) is 5. The monoisotopic (exact) mass is 456 g/mol. The molecule has 0 aliphatic carbocycles. The summed E-state index contributed by atoms with van der Waals surface area (Å²) in [7, 11) is 0. The Morgan fingerprint density at radius 1 is 0.970 bits per heavy atom. The van der Waals surface area contributed by atoms with Crippen molar-refractivity contribution >= 4 is 5.97 Å². The fourth-order valence-electron chi connectivity index (χ4n) is 4.05. The van der Waals surface area contributed by atoms with E-state index in [1.54, 1.807) is 50.5 Å². The fourth-order valence-corrected chi connectivity index (χ4v) is 4.05. The van der Waals surface area contributed by atoms with Gasteiger partial charge in [-0.15, -0.1) is 0 Å². The van der Waals surface area contributed by atoms with Crippen LogP contribution in [0.3, 0.4) is 0 Å². The zero-order chi connectivity index (χ0) is 23.7. The first-order chi connectivity index (χ1) is 15.9. The minimum absolute atomic E-state index is 0.202. The predicted octanol–water partition coefficient (Wildman–Crippen LogP) is 5.58. The highest BCUT2D eigenvalue weighted by Gasteiger charge is 2.62. The van der Waals surface area contributed by atoms with E-state index in [4.69, 9.17) is 18.9 Å². The van der Waals surface area contributed by atoms with Crippen LogP contribution in [0.15, 0.2) is 42.7 Å². The van der Waals surface area contributed by atoms with Gasteiger partial charge in [-0.05, 0) is 38.8 Å². The van der Waals surface area contributed by atoms with Crippen LogP contribution in [0.25, 0.3) is 0 Å². The Morgan fingerprint density at radius 3 is 2.30 bits per heavy atom. The van der Waals surface area contributed by atoms with Crippen molar-refractivity contribution < 1.29 is 23.7 Å². The van der Waals surface area contributed by atoms with E-state index in [-0.39, 0.29) is 5.82 Å². The Balaban J connectivity index is 1.74. The van der Waals surface area contributed by atoms with Crippen molar-refractivity contribution in [3.8, 4) is 11.5 Å². The number of carbonyl (C=O) groups excluding carboxylic acids is 1. The van der Waals surface area contributed by atoms with E-state index in [9.17, 15) is 4.79 Å². The number of nitrogens with zero attached hydrogens (tertiary/aromatic N) is 2. The van der Waals surface area contributed by atoms with E-state index in [2.05, 4.69) is 16.9 Å². The first kappa shape index (κ1) is 25.1. The number of para-hydroxylation sites is 1. The normalized spacial score (nSPS) is 21.6. The van der Waals surface area contributed by atoms with Crippen molar-refractivity contribution in [2.75, 3.05) is 6.61 Å². The summed E-state index contributed by atoms with van der Waals surface area (Å²) >= 11 is 0. The maximum Gasteiger partial charge on any atom is 0.354 e. The topological polar surface area (TPSA) is 79.8 Å². The van der Waals surface area contributed by atoms with Gasteiger partial charge in [-0.3, -0.25) is 0 Å². The summed E-state index contributed by atoms with van der Waals surface area (Å²) < 4.78 is 23.7. The standard InChI is InChI=1S/C26H36N2O5/c1-5-7-8-9-10-14-17-30-21-18-27-23(28-19-21)26(22(6-2)32-25(3,4)33-26)24(29)31-20-15-12-11-13-16-20/h11-13,15-16,18-19,22H,5-10,14,17H2,1-4H3/t22-,26?/m1/s1. The summed E-state index contributed by atoms with van der Waals surface area (Å²) in [5.74, 6) is -0.416. The lowest BCUT2D eigenvalue weighted by Crippen LogP contribution is -2.48. The molecule has 180 valence electrons. The second-order valence-electron chi connectivity index (χ2n) is 8.81. The summed E-state index contributed by atoms with van der Waals surface area (Å²) in [6.45, 7) is 8.29. The zero-order valence-corrected chi connectivity index (χ0v) is 20.2. The Hall–Kier alpha value is -2.51. The lowest BCUT2D eigenvalue weighted by molar-refractivity contribution is -0.186. The van der Waals surface area contributed by atoms with Crippen LogP contribution in [-0.4, -0.2) is 34.4 Å². The van der Waals surface area contributed by atoms with E-state index in [0.29, 0.717) is 24.5 Å². The molecule has 1 fully saturated rings. The molecule has 2 heterocycles. The Morgan fingerprint density at radius 2 is 1.64 bits per heavy atom. The molecule has 2 aromatic rings. The molecule has 2 atom stereocenters. The van der Waals surface area contributed by atoms with Crippen molar-refractivity contribution in [3.05, 3.63) is 48.5 Å². The Kier molecular flexibility index (Phi) is 8.80. The van der Waals surface area contributed by atoms with Gasteiger partial charge in [0.25, 0.3) is 5.60 Å². The highest BCUT2D eigenvalue weighted by molar-refractivity contribution is 5.83. The largest absolute Gasteiger partial charge is 0.490 e. The average molecular weight is 457 g/mol. The number of rotatable bonds is 12. The van der Waals surface area contributed by atoms with Crippen LogP contribution in [0.1, 0.15) is 78.5 Å². The highest BCUT2D eigenvalue weighted by atomic mass is 16.8. The lowest BCUT2D eigenvalue weighted by Gasteiger charge is -2.28. The van der Waals surface area contributed by atoms with Crippen LogP contribution in [0.5, 0.6) is 11.5 Å². The number of aromatic nitrogens is 2. The van der Waals surface area contributed by atoms with Gasteiger partial charge in [0.1, 0.15) is 11.9 Å². The Bertz CT molecular complexity index is 872. The zero-order valence-electron chi connectivity index (χ0n) is 20.2. The second kappa shape index (κ2) is 11.6. The second-order valence-corrected chi connectivity index (χ2v) is 8.81. The molecule has 7 nitrogen and oxygen atoms in total. The molecule has 0 saturated carbocycles. The number of ether oxygens (including phenoxy) is 4. The molecule has 3 rings (SSSR count). The van der Waals surface area contributed by atoms with Crippen LogP contribution < -0.4 is 9.47 Å². The lowest BCUT2D eigenvalue weighted by atomic mass is 9.93. The maximum atomic E-state index is 13.5. The third kappa shape index (κ3) is 6.30. The average Bonchev–Trinajstić information content (AvgIpc) is 3.11. The predicted molar refractivity (Wildman–Crippen MR) is 125 cm³/mol. The highest BCUT2D eigenvalue weighted by Crippen LogP contribution is 2.45. The summed E-state index contributed by atoms with van der Waals surface area (Å²) in [5.41, 5.74) is -1.58. The molecule has 0 spiro atoms. The Labute approximate surface area is 196 Å². The summed E-state index contributed by atoms with van der Waals surface area (Å²) in [6.07, 6.45) is 10.2. The molecule has 1 aromatic heterocycles. The number of hydrogen-bond acceptors (Lipinski definition) is 7. The van der Waals surface area contributed by atoms with E-state index in [1.165, 1.54) is 25.7 Å². The summed E-state index contributed by atoms with van der Waals surface area (Å²) in [5, 5.41) is 0. The van der Waals surface area contributed by atoms with Gasteiger partial charge in [-0.25, -0.2) is 14.8 Å². The van der Waals surface area contributed by atoms with Gasteiger partial charge in [0, 0.05) is 0 Å². The van der Waals surface area contributed by atoms with Crippen LogP contribution in [0, 0.1) is 0 Å². The number of benzene rings is 1. The first-order valence-corrected chi connectivity index (χ1v) is 12.0. The molecule has 0 radical (unpaired) electrons. The van der Waals surface area contributed by atoms with Crippen molar-refractivity contribution in [2.45, 2.75) is 90.1 Å². The number of carbonyl (C=O) groups is 1. The molecule has 1 saturated heterocycles. The molecule has 0 N–H and O–H groups in total. The van der Waals surface area contributed by atoms with Gasteiger partial charge in [-0.1, -0.05) is 64.2 Å². The quantitative estimate of drug-likeness (QED) is 0.234. The van der Waals surface area contributed by atoms with Crippen LogP contribution in [0.4, 0.5) is 0 Å². The van der Waals surface area contributed by atoms with Gasteiger partial charge in [0.2, 0.25) is 0 Å². The summed E-state index contributed by atoms with van der Waals surface area (Å²) in [4.78, 5) is 22.4. The maximum absolute atomic E-state index is 13.5. The van der Waals surface area contributed by atoms with Gasteiger partial charge >= 0.3 is 5.97 Å². The fraction of sp³-hybridized carbons (Fsp3) is 0.577. The van der Waals surface area contributed by atoms with Gasteiger partial charge < -0.3 is 18.9 Å². The van der Waals surface area contributed by atoms with E-state index < -0.39 is 23.5 Å². The van der Waals surface area contributed by atoms with E-state index in [0.717, 1.165) is 12.8 Å². The molecule has 0 bridgehead atoms. The minimum atomic E-state index is -1.58. The molecule has 7 heteroatoms. The molecule has 1 aliphatic rings. The molecular weight excluding hydrogens is 420 g/mol. The van der Waals surface area contributed by atoms with Crippen LogP contribution in [0.2, 0.25) is 0 Å². The number of esters is 1. The third-order valence-corrected chi connectivity index (χ3v) is 5.64. The van der Waals surface area contributed by atoms with Crippen molar-refractivity contribution in [1.82, 2.24) is 9.97 Å². The first-order valence-electron chi connectivity index (χ1n) is 12.0. The van der Waals surface area contributed by atoms with Gasteiger partial charge in [0.15, 0.2) is 17.4 Å². The molecule has 0 amide bonds. The van der Waals surface area contributed by atoms with E-state index in [1.807, 2.05) is 13.0 Å². The molecule has 1 aromatic carbocycles. The smallest absolute Gasteiger partial charge is 0.354 e. The van der Waals surface area contributed by atoms with Gasteiger partial charge in [-0.2, -0.15) is 0 Å². The van der Waals surface area contributed by atoms with Crippen molar-refractivity contribution in [2.24, 2.45) is 0 Å². The molecular formula is C26H36N2O5. The van der Waals surface area contributed by atoms with Crippen LogP contribution >= 0.6 is 0 Å². The molecule has 33 heavy (non-hydrogen) atoms. The molecule has 1 unspecified atom stereocenters. The molecule has 1 aliphatic heterocycles. The van der Waals surface area contributed by atoms with Gasteiger partial charge in [0.05, 0.1) is 19.0 Å². The van der Waals surface area contributed by atoms with Crippen molar-refractivity contribution in [1.29, 1.82) is 0 Å². The SMILES string of the molecule is CCCCCCCCOc1cnc(C2(C(=O)Oc3ccccc3)OC(C)(C)O[C@@H]2CC)nc1. The third-order valence-electron chi connectivity index (χ3n) is 5.64.